The number of carbonyl (C=O) groups excluding carboxylic acids is 1. The summed E-state index contributed by atoms with van der Waals surface area (Å²) in [5.74, 6) is 0.968. The van der Waals surface area contributed by atoms with Crippen molar-refractivity contribution in [3.05, 3.63) is 23.0 Å². The zero-order valence-corrected chi connectivity index (χ0v) is 14.3. The smallest absolute Gasteiger partial charge is 0.254 e. The van der Waals surface area contributed by atoms with E-state index >= 15 is 0 Å². The Morgan fingerprint density at radius 1 is 1.43 bits per heavy atom. The van der Waals surface area contributed by atoms with Gasteiger partial charge in [0.05, 0.1) is 10.9 Å². The molecule has 2 aromatic rings. The van der Waals surface area contributed by atoms with Crippen molar-refractivity contribution >= 4 is 16.9 Å². The number of nitrogens with two attached hydrogens (primary N) is 1. The van der Waals surface area contributed by atoms with Gasteiger partial charge in [-0.05, 0) is 51.6 Å². The van der Waals surface area contributed by atoms with Crippen molar-refractivity contribution in [2.45, 2.75) is 40.2 Å². The van der Waals surface area contributed by atoms with Gasteiger partial charge in [-0.3, -0.25) is 9.89 Å². The number of aryl methyl sites for hydroxylation is 2. The molecule has 3 heterocycles. The van der Waals surface area contributed by atoms with Crippen LogP contribution in [0.3, 0.4) is 0 Å². The Bertz CT molecular complexity index is 738. The molecule has 124 valence electrons. The number of aromatic amines is 1. The first-order valence-corrected chi connectivity index (χ1v) is 8.25. The van der Waals surface area contributed by atoms with Gasteiger partial charge in [0.15, 0.2) is 5.65 Å². The van der Waals surface area contributed by atoms with E-state index in [1.807, 2.05) is 24.8 Å². The van der Waals surface area contributed by atoms with Gasteiger partial charge in [-0.25, -0.2) is 4.98 Å². The lowest BCUT2D eigenvalue weighted by Gasteiger charge is -2.41. The minimum Gasteiger partial charge on any atom is -0.336 e. The number of piperidine rings is 1. The number of aromatic nitrogens is 3. The average molecular weight is 315 g/mol. The lowest BCUT2D eigenvalue weighted by Crippen LogP contribution is -2.50. The van der Waals surface area contributed by atoms with Gasteiger partial charge in [0.2, 0.25) is 0 Å². The molecule has 1 saturated heterocycles. The van der Waals surface area contributed by atoms with Gasteiger partial charge in [-0.1, -0.05) is 6.92 Å². The topological polar surface area (TPSA) is 87.9 Å². The first-order valence-electron chi connectivity index (χ1n) is 8.25. The second kappa shape index (κ2) is 5.92. The average Bonchev–Trinajstić information content (AvgIpc) is 2.87. The second-order valence-electron chi connectivity index (χ2n) is 6.87. The van der Waals surface area contributed by atoms with Gasteiger partial charge in [-0.2, -0.15) is 5.10 Å². The summed E-state index contributed by atoms with van der Waals surface area (Å²) in [6.45, 7) is 9.50. The van der Waals surface area contributed by atoms with E-state index in [0.29, 0.717) is 29.6 Å². The highest BCUT2D eigenvalue weighted by Crippen LogP contribution is 2.30. The molecule has 3 rings (SSSR count). The van der Waals surface area contributed by atoms with Crippen LogP contribution in [0, 0.1) is 25.7 Å². The quantitative estimate of drug-likeness (QED) is 0.887. The van der Waals surface area contributed by atoms with Crippen LogP contribution in [0.1, 0.15) is 42.0 Å². The molecule has 3 atom stereocenters. The molecule has 3 unspecified atom stereocenters. The number of nitrogens with zero attached hydrogens (tertiary/aromatic N) is 3. The lowest BCUT2D eigenvalue weighted by atomic mass is 9.83. The Morgan fingerprint density at radius 2 is 2.17 bits per heavy atom. The Hall–Kier alpha value is -1.95. The molecule has 1 aliphatic rings. The van der Waals surface area contributed by atoms with E-state index in [2.05, 4.69) is 29.0 Å². The van der Waals surface area contributed by atoms with Crippen LogP contribution in [0.4, 0.5) is 0 Å². The van der Waals surface area contributed by atoms with Crippen LogP contribution in [-0.4, -0.2) is 45.1 Å². The third-order valence-corrected chi connectivity index (χ3v) is 5.11. The molecule has 0 aliphatic carbocycles. The Balaban J connectivity index is 2.01. The van der Waals surface area contributed by atoms with Crippen molar-refractivity contribution < 1.29 is 4.79 Å². The van der Waals surface area contributed by atoms with Crippen molar-refractivity contribution in [3.63, 3.8) is 0 Å². The van der Waals surface area contributed by atoms with Crippen molar-refractivity contribution in [3.8, 4) is 0 Å². The number of nitrogens with one attached hydrogen (secondary N) is 1. The second-order valence-corrected chi connectivity index (χ2v) is 6.87. The largest absolute Gasteiger partial charge is 0.336 e. The van der Waals surface area contributed by atoms with Gasteiger partial charge in [0, 0.05) is 24.0 Å². The highest BCUT2D eigenvalue weighted by molar-refractivity contribution is 6.06. The standard InChI is InChI=1S/C17H25N5O/c1-9-5-11(3)22(8-13(9)7-18)17(23)14-6-10(2)19-16-15(14)12(4)20-21-16/h6,9,11,13H,5,7-8,18H2,1-4H3,(H,19,20,21). The van der Waals surface area contributed by atoms with E-state index in [1.54, 1.807) is 0 Å². The molecule has 0 spiro atoms. The summed E-state index contributed by atoms with van der Waals surface area (Å²) >= 11 is 0. The first-order chi connectivity index (χ1) is 10.9. The van der Waals surface area contributed by atoms with E-state index in [9.17, 15) is 4.79 Å². The number of fused-ring (bicyclic) bond motifs is 1. The fraction of sp³-hybridized carbons (Fsp3) is 0.588. The molecule has 1 fully saturated rings. The fourth-order valence-corrected chi connectivity index (χ4v) is 3.68. The Morgan fingerprint density at radius 3 is 2.87 bits per heavy atom. The summed E-state index contributed by atoms with van der Waals surface area (Å²) in [5, 5.41) is 7.97. The van der Waals surface area contributed by atoms with Crippen LogP contribution < -0.4 is 5.73 Å². The summed E-state index contributed by atoms with van der Waals surface area (Å²) in [6, 6.07) is 2.09. The van der Waals surface area contributed by atoms with Gasteiger partial charge < -0.3 is 10.6 Å². The van der Waals surface area contributed by atoms with Crippen molar-refractivity contribution in [2.75, 3.05) is 13.1 Å². The SMILES string of the molecule is Cc1cc(C(=O)N2CC(CN)C(C)CC2C)c2c(C)[nH]nc2n1. The molecule has 0 aromatic carbocycles. The molecule has 2 aromatic heterocycles. The number of hydrogen-bond donors (Lipinski definition) is 2. The van der Waals surface area contributed by atoms with Crippen molar-refractivity contribution in [1.82, 2.24) is 20.1 Å². The third-order valence-electron chi connectivity index (χ3n) is 5.11. The highest BCUT2D eigenvalue weighted by Gasteiger charge is 2.34. The van der Waals surface area contributed by atoms with Crippen molar-refractivity contribution in [2.24, 2.45) is 17.6 Å². The molecule has 1 aliphatic heterocycles. The maximum Gasteiger partial charge on any atom is 0.254 e. The lowest BCUT2D eigenvalue weighted by molar-refractivity contribution is 0.0471. The predicted octanol–water partition coefficient (Wildman–Crippen LogP) is 2.02. The van der Waals surface area contributed by atoms with Crippen molar-refractivity contribution in [1.29, 1.82) is 0 Å². The number of rotatable bonds is 2. The summed E-state index contributed by atoms with van der Waals surface area (Å²) in [5.41, 5.74) is 8.89. The zero-order valence-electron chi connectivity index (χ0n) is 14.3. The minimum atomic E-state index is 0.0582. The zero-order chi connectivity index (χ0) is 16.7. The number of amides is 1. The molecule has 23 heavy (non-hydrogen) atoms. The number of pyridine rings is 1. The minimum absolute atomic E-state index is 0.0582. The number of H-pyrrole nitrogens is 1. The third kappa shape index (κ3) is 2.72. The van der Waals surface area contributed by atoms with Crippen LogP contribution in [0.25, 0.3) is 11.0 Å². The molecule has 6 heteroatoms. The maximum absolute atomic E-state index is 13.2. The molecule has 0 radical (unpaired) electrons. The van der Waals surface area contributed by atoms with E-state index in [1.165, 1.54) is 0 Å². The Labute approximate surface area is 136 Å². The molecular weight excluding hydrogens is 290 g/mol. The monoisotopic (exact) mass is 315 g/mol. The normalized spacial score (nSPS) is 25.1. The molecule has 1 amide bonds. The van der Waals surface area contributed by atoms with Crippen LogP contribution >= 0.6 is 0 Å². The van der Waals surface area contributed by atoms with Crippen LogP contribution in [0.5, 0.6) is 0 Å². The fourth-order valence-electron chi connectivity index (χ4n) is 3.68. The first kappa shape index (κ1) is 15.9. The molecule has 3 N–H and O–H groups in total. The molecule has 0 saturated carbocycles. The summed E-state index contributed by atoms with van der Waals surface area (Å²) in [6.07, 6.45) is 0.991. The summed E-state index contributed by atoms with van der Waals surface area (Å²) in [7, 11) is 0. The van der Waals surface area contributed by atoms with Crippen LogP contribution in [-0.2, 0) is 0 Å². The predicted molar refractivity (Wildman–Crippen MR) is 90.2 cm³/mol. The molecular formula is C17H25N5O. The van der Waals surface area contributed by atoms with E-state index in [4.69, 9.17) is 5.73 Å². The summed E-state index contributed by atoms with van der Waals surface area (Å²) < 4.78 is 0. The Kier molecular flexibility index (Phi) is 4.10. The van der Waals surface area contributed by atoms with E-state index < -0.39 is 0 Å². The maximum atomic E-state index is 13.2. The van der Waals surface area contributed by atoms with E-state index in [0.717, 1.165) is 29.7 Å². The summed E-state index contributed by atoms with van der Waals surface area (Å²) in [4.78, 5) is 19.6. The molecule has 6 nitrogen and oxygen atoms in total. The molecule has 0 bridgehead atoms. The number of carbonyl (C=O) groups is 1. The van der Waals surface area contributed by atoms with Crippen LogP contribution in [0.15, 0.2) is 6.07 Å². The highest BCUT2D eigenvalue weighted by atomic mass is 16.2. The van der Waals surface area contributed by atoms with Crippen LogP contribution in [0.2, 0.25) is 0 Å². The van der Waals surface area contributed by atoms with E-state index in [-0.39, 0.29) is 11.9 Å². The van der Waals surface area contributed by atoms with Gasteiger partial charge >= 0.3 is 0 Å². The van der Waals surface area contributed by atoms with Gasteiger partial charge in [-0.15, -0.1) is 0 Å². The number of likely N-dealkylation sites (tertiary alicyclic amines) is 1. The van der Waals surface area contributed by atoms with Gasteiger partial charge in [0.1, 0.15) is 0 Å². The number of hydrogen-bond acceptors (Lipinski definition) is 4. The van der Waals surface area contributed by atoms with Gasteiger partial charge in [0.25, 0.3) is 5.91 Å².